The number of nitrogens with zero attached hydrogens (tertiary/aromatic N) is 3. The summed E-state index contributed by atoms with van der Waals surface area (Å²) in [4.78, 5) is 32.0. The van der Waals surface area contributed by atoms with Gasteiger partial charge >= 0.3 is 11.8 Å². The first kappa shape index (κ1) is 13.4. The second kappa shape index (κ2) is 5.57. The SMILES string of the molecule is CNC(=O)NC(=O)C=Cc1cn(C)nc1[N+](=O)[O-]. The summed E-state index contributed by atoms with van der Waals surface area (Å²) >= 11 is 0. The van der Waals surface area contributed by atoms with E-state index in [1.807, 2.05) is 5.32 Å². The molecule has 0 saturated heterocycles. The van der Waals surface area contributed by atoms with E-state index in [1.54, 1.807) is 0 Å². The van der Waals surface area contributed by atoms with Crippen LogP contribution in [0.4, 0.5) is 10.6 Å². The van der Waals surface area contributed by atoms with Gasteiger partial charge < -0.3 is 15.4 Å². The minimum Gasteiger partial charge on any atom is -0.358 e. The highest BCUT2D eigenvalue weighted by atomic mass is 16.6. The number of amides is 3. The van der Waals surface area contributed by atoms with Crippen molar-refractivity contribution in [3.05, 3.63) is 28.0 Å². The monoisotopic (exact) mass is 253 g/mol. The second-order valence-electron chi connectivity index (χ2n) is 3.24. The minimum atomic E-state index is -0.687. The molecule has 1 aromatic rings. The minimum absolute atomic E-state index is 0.176. The van der Waals surface area contributed by atoms with Gasteiger partial charge in [0, 0.05) is 13.1 Å². The Morgan fingerprint density at radius 3 is 2.78 bits per heavy atom. The molecular weight excluding hydrogens is 242 g/mol. The summed E-state index contributed by atoms with van der Waals surface area (Å²) in [5.41, 5.74) is 0.176. The predicted molar refractivity (Wildman–Crippen MR) is 61.5 cm³/mol. The number of nitrogens with one attached hydrogen (secondary N) is 2. The second-order valence-corrected chi connectivity index (χ2v) is 3.24. The number of aromatic nitrogens is 2. The topological polar surface area (TPSA) is 119 Å². The third-order valence-corrected chi connectivity index (χ3v) is 1.89. The number of rotatable bonds is 3. The lowest BCUT2D eigenvalue weighted by atomic mass is 10.3. The Balaban J connectivity index is 2.81. The summed E-state index contributed by atoms with van der Waals surface area (Å²) in [6.45, 7) is 0. The van der Waals surface area contributed by atoms with Crippen LogP contribution in [-0.4, -0.2) is 33.7 Å². The molecule has 0 radical (unpaired) electrons. The molecule has 9 heteroatoms. The highest BCUT2D eigenvalue weighted by Crippen LogP contribution is 2.16. The fourth-order valence-electron chi connectivity index (χ4n) is 1.14. The maximum atomic E-state index is 11.2. The quantitative estimate of drug-likeness (QED) is 0.439. The Hall–Kier alpha value is -2.71. The standard InChI is InChI=1S/C9H11N5O4/c1-10-9(16)11-7(15)4-3-6-5-13(2)12-8(6)14(17)18/h3-5H,1-2H3,(H2,10,11,15,16). The first-order chi connectivity index (χ1) is 8.43. The number of hydrogen-bond donors (Lipinski definition) is 2. The van der Waals surface area contributed by atoms with E-state index in [0.29, 0.717) is 0 Å². The molecule has 1 rings (SSSR count). The van der Waals surface area contributed by atoms with Crippen LogP contribution in [0.1, 0.15) is 5.56 Å². The average molecular weight is 253 g/mol. The van der Waals surface area contributed by atoms with Crippen LogP contribution in [0.2, 0.25) is 0 Å². The summed E-state index contributed by atoms with van der Waals surface area (Å²) in [7, 11) is 2.88. The Morgan fingerprint density at radius 1 is 1.56 bits per heavy atom. The van der Waals surface area contributed by atoms with Crippen molar-refractivity contribution in [2.24, 2.45) is 7.05 Å². The van der Waals surface area contributed by atoms with Gasteiger partial charge in [0.05, 0.1) is 23.9 Å². The van der Waals surface area contributed by atoms with E-state index in [9.17, 15) is 19.7 Å². The van der Waals surface area contributed by atoms with Gasteiger partial charge in [-0.15, -0.1) is 0 Å². The highest BCUT2D eigenvalue weighted by Gasteiger charge is 2.17. The fourth-order valence-corrected chi connectivity index (χ4v) is 1.14. The number of nitro groups is 1. The van der Waals surface area contributed by atoms with E-state index in [-0.39, 0.29) is 11.4 Å². The Morgan fingerprint density at radius 2 is 2.22 bits per heavy atom. The Kier molecular flexibility index (Phi) is 4.13. The third-order valence-electron chi connectivity index (χ3n) is 1.89. The number of carbonyl (C=O) groups excluding carboxylic acids is 2. The first-order valence-corrected chi connectivity index (χ1v) is 4.83. The zero-order chi connectivity index (χ0) is 13.7. The molecule has 0 aliphatic heterocycles. The molecule has 9 nitrogen and oxygen atoms in total. The number of hydrogen-bond acceptors (Lipinski definition) is 5. The van der Waals surface area contributed by atoms with Crippen molar-refractivity contribution in [3.63, 3.8) is 0 Å². The van der Waals surface area contributed by atoms with Gasteiger partial charge in [-0.25, -0.2) is 4.79 Å². The summed E-state index contributed by atoms with van der Waals surface area (Å²) < 4.78 is 1.26. The van der Waals surface area contributed by atoms with Crippen molar-refractivity contribution in [1.29, 1.82) is 0 Å². The van der Waals surface area contributed by atoms with Gasteiger partial charge in [0.2, 0.25) is 0 Å². The summed E-state index contributed by atoms with van der Waals surface area (Å²) in [6, 6.07) is -0.662. The van der Waals surface area contributed by atoms with Gasteiger partial charge in [-0.2, -0.15) is 4.68 Å². The molecule has 1 aromatic heterocycles. The van der Waals surface area contributed by atoms with Crippen LogP contribution >= 0.6 is 0 Å². The highest BCUT2D eigenvalue weighted by molar-refractivity contribution is 6.02. The van der Waals surface area contributed by atoms with Gasteiger partial charge in [-0.05, 0) is 11.0 Å². The zero-order valence-electron chi connectivity index (χ0n) is 9.71. The molecule has 2 N–H and O–H groups in total. The number of urea groups is 1. The van der Waals surface area contributed by atoms with Crippen LogP contribution < -0.4 is 10.6 Å². The largest absolute Gasteiger partial charge is 0.397 e. The van der Waals surface area contributed by atoms with Crippen molar-refractivity contribution in [3.8, 4) is 0 Å². The van der Waals surface area contributed by atoms with E-state index in [0.717, 1.165) is 6.08 Å². The molecule has 0 atom stereocenters. The summed E-state index contributed by atoms with van der Waals surface area (Å²) in [5, 5.41) is 18.4. The molecule has 0 unspecified atom stereocenters. The lowest BCUT2D eigenvalue weighted by Gasteiger charge is -1.97. The van der Waals surface area contributed by atoms with Gasteiger partial charge in [0.15, 0.2) is 0 Å². The van der Waals surface area contributed by atoms with Crippen LogP contribution in [0.3, 0.4) is 0 Å². The molecule has 0 aliphatic rings. The van der Waals surface area contributed by atoms with Gasteiger partial charge in [-0.1, -0.05) is 0 Å². The normalized spacial score (nSPS) is 10.3. The molecule has 0 fully saturated rings. The van der Waals surface area contributed by atoms with E-state index in [1.165, 1.54) is 31.1 Å². The first-order valence-electron chi connectivity index (χ1n) is 4.83. The van der Waals surface area contributed by atoms with E-state index < -0.39 is 16.9 Å². The van der Waals surface area contributed by atoms with Crippen LogP contribution in [-0.2, 0) is 11.8 Å². The average Bonchev–Trinajstić information content (AvgIpc) is 2.68. The molecule has 96 valence electrons. The maximum Gasteiger partial charge on any atom is 0.397 e. The molecular formula is C9H11N5O4. The smallest absolute Gasteiger partial charge is 0.358 e. The Bertz CT molecular complexity index is 519. The molecule has 0 aromatic carbocycles. The third kappa shape index (κ3) is 3.40. The van der Waals surface area contributed by atoms with Crippen LogP contribution in [0.15, 0.2) is 12.3 Å². The van der Waals surface area contributed by atoms with Crippen LogP contribution in [0.5, 0.6) is 0 Å². The van der Waals surface area contributed by atoms with Crippen molar-refractivity contribution in [2.45, 2.75) is 0 Å². The van der Waals surface area contributed by atoms with Crippen molar-refractivity contribution in [2.75, 3.05) is 7.05 Å². The van der Waals surface area contributed by atoms with E-state index in [4.69, 9.17) is 0 Å². The molecule has 18 heavy (non-hydrogen) atoms. The van der Waals surface area contributed by atoms with Gasteiger partial charge in [0.1, 0.15) is 0 Å². The molecule has 3 amide bonds. The molecule has 0 saturated carbocycles. The summed E-state index contributed by atoms with van der Waals surface area (Å²) in [5.74, 6) is -1.05. The van der Waals surface area contributed by atoms with Gasteiger partial charge in [0.25, 0.3) is 5.91 Å². The summed E-state index contributed by atoms with van der Waals surface area (Å²) in [6.07, 6.45) is 3.62. The lowest BCUT2D eigenvalue weighted by Crippen LogP contribution is -2.36. The lowest BCUT2D eigenvalue weighted by molar-refractivity contribution is -0.390. The zero-order valence-corrected chi connectivity index (χ0v) is 9.71. The molecule has 0 aliphatic carbocycles. The fraction of sp³-hybridized carbons (Fsp3) is 0.222. The van der Waals surface area contributed by atoms with Gasteiger partial charge in [-0.3, -0.25) is 10.1 Å². The number of carbonyl (C=O) groups is 2. The predicted octanol–water partition coefficient (Wildman–Crippen LogP) is -0.203. The maximum absolute atomic E-state index is 11.2. The van der Waals surface area contributed by atoms with Crippen molar-refractivity contribution >= 4 is 23.8 Å². The Labute approximate surface area is 102 Å². The molecule has 0 spiro atoms. The van der Waals surface area contributed by atoms with Crippen LogP contribution in [0.25, 0.3) is 6.08 Å². The molecule has 0 bridgehead atoms. The van der Waals surface area contributed by atoms with E-state index in [2.05, 4.69) is 10.4 Å². The van der Waals surface area contributed by atoms with Crippen molar-refractivity contribution < 1.29 is 14.5 Å². The molecule has 1 heterocycles. The number of aryl methyl sites for hydroxylation is 1. The van der Waals surface area contributed by atoms with E-state index >= 15 is 0 Å². The van der Waals surface area contributed by atoms with Crippen LogP contribution in [0, 0.1) is 10.1 Å². The van der Waals surface area contributed by atoms with Crippen molar-refractivity contribution in [1.82, 2.24) is 20.4 Å². The number of imide groups is 1.